The maximum absolute atomic E-state index is 12.0. The van der Waals surface area contributed by atoms with Crippen LogP contribution in [0.3, 0.4) is 0 Å². The summed E-state index contributed by atoms with van der Waals surface area (Å²) in [7, 11) is 0. The molecule has 1 amide bonds. The molecule has 0 bridgehead atoms. The molecule has 23 heavy (non-hydrogen) atoms. The molecule has 0 aliphatic carbocycles. The molecule has 0 unspecified atom stereocenters. The van der Waals surface area contributed by atoms with E-state index in [-0.39, 0.29) is 12.1 Å². The van der Waals surface area contributed by atoms with E-state index in [4.69, 9.17) is 0 Å². The Morgan fingerprint density at radius 1 is 1.22 bits per heavy atom. The summed E-state index contributed by atoms with van der Waals surface area (Å²) in [6.07, 6.45) is 1.65. The lowest BCUT2D eigenvalue weighted by Crippen LogP contribution is -2.27. The zero-order valence-electron chi connectivity index (χ0n) is 12.4. The predicted octanol–water partition coefficient (Wildman–Crippen LogP) is 2.77. The lowest BCUT2D eigenvalue weighted by atomic mass is 10.1. The number of rotatable bonds is 4. The highest BCUT2D eigenvalue weighted by Gasteiger charge is 2.33. The highest BCUT2D eigenvalue weighted by atomic mass is 32.1. The van der Waals surface area contributed by atoms with Gasteiger partial charge in [-0.15, -0.1) is 11.3 Å². The summed E-state index contributed by atoms with van der Waals surface area (Å²) in [6.45, 7) is 1.12. The van der Waals surface area contributed by atoms with Gasteiger partial charge in [0, 0.05) is 12.1 Å². The van der Waals surface area contributed by atoms with Crippen molar-refractivity contribution in [3.63, 3.8) is 0 Å². The van der Waals surface area contributed by atoms with Crippen LogP contribution in [0.2, 0.25) is 0 Å². The average molecular weight is 324 g/mol. The molecule has 0 radical (unpaired) electrons. The van der Waals surface area contributed by atoms with Crippen LogP contribution < -0.4 is 5.32 Å². The Labute approximate surface area is 138 Å². The van der Waals surface area contributed by atoms with Gasteiger partial charge in [0.25, 0.3) is 0 Å². The van der Waals surface area contributed by atoms with Crippen LogP contribution in [0.15, 0.2) is 54.0 Å². The monoisotopic (exact) mass is 324 g/mol. The van der Waals surface area contributed by atoms with E-state index in [9.17, 15) is 4.79 Å². The zero-order valence-corrected chi connectivity index (χ0v) is 13.2. The maximum Gasteiger partial charge on any atom is 0.235 e. The van der Waals surface area contributed by atoms with Crippen molar-refractivity contribution in [2.75, 3.05) is 6.54 Å². The Morgan fingerprint density at radius 3 is 2.87 bits per heavy atom. The first-order valence-corrected chi connectivity index (χ1v) is 8.34. The first kappa shape index (κ1) is 14.2. The van der Waals surface area contributed by atoms with Crippen molar-refractivity contribution >= 4 is 17.2 Å². The minimum Gasteiger partial charge on any atom is -0.335 e. The summed E-state index contributed by atoms with van der Waals surface area (Å²) >= 11 is 1.66. The topological polar surface area (TPSA) is 61.0 Å². The summed E-state index contributed by atoms with van der Waals surface area (Å²) < 4.78 is 0. The molecule has 6 heteroatoms. The normalized spacial score (nSPS) is 18.3. The number of hydrogen-bond acceptors (Lipinski definition) is 4. The molecule has 2 aromatic heterocycles. The number of carbonyl (C=O) groups is 1. The van der Waals surface area contributed by atoms with Gasteiger partial charge in [-0.3, -0.25) is 14.8 Å². The Balaban J connectivity index is 1.65. The van der Waals surface area contributed by atoms with E-state index in [0.29, 0.717) is 6.54 Å². The highest BCUT2D eigenvalue weighted by Crippen LogP contribution is 2.33. The summed E-state index contributed by atoms with van der Waals surface area (Å²) in [4.78, 5) is 15.2. The molecule has 1 atom stereocenters. The van der Waals surface area contributed by atoms with Gasteiger partial charge in [0.15, 0.2) is 0 Å². The lowest BCUT2D eigenvalue weighted by molar-refractivity contribution is -0.118. The number of amides is 1. The number of nitrogens with zero attached hydrogens (tertiary/aromatic N) is 2. The number of nitrogens with one attached hydrogen (secondary N) is 2. The molecule has 116 valence electrons. The van der Waals surface area contributed by atoms with Crippen molar-refractivity contribution in [1.29, 1.82) is 0 Å². The van der Waals surface area contributed by atoms with Gasteiger partial charge in [0.05, 0.1) is 23.3 Å². The van der Waals surface area contributed by atoms with Crippen molar-refractivity contribution in [1.82, 2.24) is 20.4 Å². The van der Waals surface area contributed by atoms with E-state index in [1.54, 1.807) is 11.3 Å². The number of thiophene rings is 1. The van der Waals surface area contributed by atoms with Crippen molar-refractivity contribution in [3.05, 3.63) is 65.2 Å². The molecule has 4 rings (SSSR count). The van der Waals surface area contributed by atoms with E-state index >= 15 is 0 Å². The fourth-order valence-electron chi connectivity index (χ4n) is 2.93. The number of aromatic amines is 1. The number of benzene rings is 1. The fraction of sp³-hybridized carbons (Fsp3) is 0.176. The van der Waals surface area contributed by atoms with E-state index in [0.717, 1.165) is 22.7 Å². The number of carbonyl (C=O) groups excluding carboxylic acids is 1. The van der Waals surface area contributed by atoms with Gasteiger partial charge < -0.3 is 5.32 Å². The molecule has 3 aromatic rings. The van der Waals surface area contributed by atoms with Crippen LogP contribution in [0.25, 0.3) is 10.6 Å². The third kappa shape index (κ3) is 2.78. The largest absolute Gasteiger partial charge is 0.335 e. The summed E-state index contributed by atoms with van der Waals surface area (Å²) in [5.74, 6) is 0.0456. The smallest absolute Gasteiger partial charge is 0.235 e. The molecule has 0 saturated carbocycles. The SMILES string of the molecule is O=C1CN(Cc2ccccc2)[C@@H](c2cn[nH]c2-c2cccs2)N1. The molecular formula is C17H16N4OS. The van der Waals surface area contributed by atoms with Crippen molar-refractivity contribution in [3.8, 4) is 10.6 Å². The maximum atomic E-state index is 12.0. The first-order chi connectivity index (χ1) is 11.3. The molecule has 5 nitrogen and oxygen atoms in total. The molecule has 1 aliphatic heterocycles. The molecule has 0 spiro atoms. The highest BCUT2D eigenvalue weighted by molar-refractivity contribution is 7.13. The number of aromatic nitrogens is 2. The van der Waals surface area contributed by atoms with Crippen molar-refractivity contribution in [2.45, 2.75) is 12.7 Å². The van der Waals surface area contributed by atoms with Gasteiger partial charge in [0.2, 0.25) is 5.91 Å². The second-order valence-electron chi connectivity index (χ2n) is 5.54. The van der Waals surface area contributed by atoms with Crippen LogP contribution in [0.1, 0.15) is 17.3 Å². The van der Waals surface area contributed by atoms with Gasteiger partial charge in [-0.05, 0) is 17.0 Å². The second-order valence-corrected chi connectivity index (χ2v) is 6.49. The first-order valence-electron chi connectivity index (χ1n) is 7.46. The number of hydrogen-bond donors (Lipinski definition) is 2. The minimum atomic E-state index is -0.154. The molecular weight excluding hydrogens is 308 g/mol. The number of H-pyrrole nitrogens is 1. The molecule has 1 aliphatic rings. The summed E-state index contributed by atoms with van der Waals surface area (Å²) in [5, 5.41) is 12.4. The Bertz CT molecular complexity index is 797. The third-order valence-electron chi connectivity index (χ3n) is 3.97. The Kier molecular flexibility index (Phi) is 3.69. The van der Waals surface area contributed by atoms with E-state index in [2.05, 4.69) is 38.6 Å². The van der Waals surface area contributed by atoms with Crippen LogP contribution in [-0.2, 0) is 11.3 Å². The van der Waals surface area contributed by atoms with Gasteiger partial charge >= 0.3 is 0 Å². The second kappa shape index (κ2) is 5.98. The molecule has 3 heterocycles. The average Bonchev–Trinajstić information content (AvgIpc) is 3.27. The van der Waals surface area contributed by atoms with Crippen LogP contribution in [-0.4, -0.2) is 27.5 Å². The quantitative estimate of drug-likeness (QED) is 0.776. The molecule has 2 N–H and O–H groups in total. The van der Waals surface area contributed by atoms with Crippen LogP contribution in [0, 0.1) is 0 Å². The van der Waals surface area contributed by atoms with Crippen molar-refractivity contribution in [2.24, 2.45) is 0 Å². The predicted molar refractivity (Wildman–Crippen MR) is 89.6 cm³/mol. The van der Waals surface area contributed by atoms with Gasteiger partial charge in [0.1, 0.15) is 6.17 Å². The molecule has 1 fully saturated rings. The zero-order chi connectivity index (χ0) is 15.6. The van der Waals surface area contributed by atoms with E-state index in [1.807, 2.05) is 35.8 Å². The standard InChI is InChI=1S/C17H16N4OS/c22-15-11-21(10-12-5-2-1-3-6-12)17(19-15)13-9-18-20-16(13)14-7-4-8-23-14/h1-9,17H,10-11H2,(H,18,20)(H,19,22)/t17-/m0/s1. The van der Waals surface area contributed by atoms with E-state index < -0.39 is 0 Å². The van der Waals surface area contributed by atoms with Crippen LogP contribution >= 0.6 is 11.3 Å². The summed E-state index contributed by atoms with van der Waals surface area (Å²) in [5.41, 5.74) is 3.18. The van der Waals surface area contributed by atoms with Gasteiger partial charge in [-0.2, -0.15) is 5.10 Å². The Morgan fingerprint density at radius 2 is 2.09 bits per heavy atom. The van der Waals surface area contributed by atoms with Crippen molar-refractivity contribution < 1.29 is 4.79 Å². The molecule has 1 saturated heterocycles. The minimum absolute atomic E-state index is 0.0456. The lowest BCUT2D eigenvalue weighted by Gasteiger charge is -2.23. The van der Waals surface area contributed by atoms with Crippen LogP contribution in [0.5, 0.6) is 0 Å². The fourth-order valence-corrected chi connectivity index (χ4v) is 3.67. The van der Waals surface area contributed by atoms with Crippen LogP contribution in [0.4, 0.5) is 0 Å². The van der Waals surface area contributed by atoms with Gasteiger partial charge in [-0.1, -0.05) is 36.4 Å². The van der Waals surface area contributed by atoms with Gasteiger partial charge in [-0.25, -0.2) is 0 Å². The van der Waals surface area contributed by atoms with E-state index in [1.165, 1.54) is 5.56 Å². The third-order valence-corrected chi connectivity index (χ3v) is 4.86. The summed E-state index contributed by atoms with van der Waals surface area (Å²) in [6, 6.07) is 14.3. The Hall–Kier alpha value is -2.44. The molecule has 1 aromatic carbocycles.